The molecule has 19 heavy (non-hydrogen) atoms. The molecule has 0 saturated heterocycles. The molecule has 104 valence electrons. The molecular weight excluding hydrogens is 262 g/mol. The second-order valence-electron chi connectivity index (χ2n) is 3.70. The number of benzene rings is 1. The molecule has 0 aliphatic heterocycles. The van der Waals surface area contributed by atoms with Crippen LogP contribution in [0.5, 0.6) is 0 Å². The number of ether oxygens (including phenoxy) is 1. The summed E-state index contributed by atoms with van der Waals surface area (Å²) in [6, 6.07) is 9.48. The smallest absolute Gasteiger partial charge is 0.327 e. The van der Waals surface area contributed by atoms with E-state index >= 15 is 0 Å². The van der Waals surface area contributed by atoms with Gasteiger partial charge in [-0.3, -0.25) is 15.2 Å². The average Bonchev–Trinajstić information content (AvgIpc) is 2.39. The van der Waals surface area contributed by atoms with Crippen molar-refractivity contribution in [3.05, 3.63) is 30.3 Å². The summed E-state index contributed by atoms with van der Waals surface area (Å²) in [7, 11) is 0. The van der Waals surface area contributed by atoms with Crippen LogP contribution in [0.1, 0.15) is 13.8 Å². The summed E-state index contributed by atoms with van der Waals surface area (Å²) in [5, 5.41) is 5.10. The summed E-state index contributed by atoms with van der Waals surface area (Å²) in [6.45, 7) is 4.89. The Labute approximate surface area is 118 Å². The maximum atomic E-state index is 11.6. The van der Waals surface area contributed by atoms with E-state index in [1.54, 1.807) is 11.9 Å². The number of rotatable bonds is 6. The van der Waals surface area contributed by atoms with Gasteiger partial charge in [0.1, 0.15) is 6.54 Å². The summed E-state index contributed by atoms with van der Waals surface area (Å²) >= 11 is 5.13. The fourth-order valence-corrected chi connectivity index (χ4v) is 1.72. The molecule has 0 aliphatic carbocycles. The lowest BCUT2D eigenvalue weighted by atomic mass is 10.3. The predicted octanol–water partition coefficient (Wildman–Crippen LogP) is 1.46. The van der Waals surface area contributed by atoms with Gasteiger partial charge in [-0.1, -0.05) is 18.2 Å². The minimum atomic E-state index is -0.307. The topological polar surface area (TPSA) is 53.6 Å². The van der Waals surface area contributed by atoms with Crippen LogP contribution in [0.15, 0.2) is 30.3 Å². The minimum absolute atomic E-state index is 0.0867. The molecule has 0 aliphatic rings. The van der Waals surface area contributed by atoms with E-state index in [1.807, 2.05) is 37.3 Å². The lowest BCUT2D eigenvalue weighted by Crippen LogP contribution is -2.49. The van der Waals surface area contributed by atoms with Crippen molar-refractivity contribution in [1.82, 2.24) is 10.7 Å². The van der Waals surface area contributed by atoms with E-state index in [1.165, 1.54) is 0 Å². The highest BCUT2D eigenvalue weighted by Gasteiger charge is 2.13. The van der Waals surface area contributed by atoms with Gasteiger partial charge >= 0.3 is 5.97 Å². The number of hydrogen-bond acceptors (Lipinski definition) is 4. The van der Waals surface area contributed by atoms with Crippen molar-refractivity contribution >= 4 is 29.0 Å². The maximum absolute atomic E-state index is 11.6. The first-order valence-electron chi connectivity index (χ1n) is 6.20. The van der Waals surface area contributed by atoms with Gasteiger partial charge < -0.3 is 10.1 Å². The van der Waals surface area contributed by atoms with Crippen LogP contribution in [0.3, 0.4) is 0 Å². The number of carbonyl (C=O) groups excluding carboxylic acids is 1. The van der Waals surface area contributed by atoms with Crippen LogP contribution in [-0.4, -0.2) is 30.8 Å². The number of hydrazine groups is 1. The molecular formula is C13H19N3O2S. The summed E-state index contributed by atoms with van der Waals surface area (Å²) in [5.74, 6) is -0.307. The number of thiocarbonyl (C=S) groups is 1. The molecule has 1 aromatic rings. The van der Waals surface area contributed by atoms with Crippen molar-refractivity contribution < 1.29 is 9.53 Å². The zero-order valence-corrected chi connectivity index (χ0v) is 12.0. The van der Waals surface area contributed by atoms with Gasteiger partial charge in [-0.25, -0.2) is 0 Å². The number of hydrogen-bond donors (Lipinski definition) is 2. The van der Waals surface area contributed by atoms with Gasteiger partial charge in [0, 0.05) is 6.54 Å². The highest BCUT2D eigenvalue weighted by molar-refractivity contribution is 7.80. The molecule has 5 nitrogen and oxygen atoms in total. The number of esters is 1. The molecule has 0 heterocycles. The Balaban J connectivity index is 2.73. The van der Waals surface area contributed by atoms with Crippen LogP contribution in [0.25, 0.3) is 0 Å². The molecule has 0 fully saturated rings. The van der Waals surface area contributed by atoms with Gasteiger partial charge in [-0.15, -0.1) is 0 Å². The van der Waals surface area contributed by atoms with Gasteiger partial charge in [-0.05, 0) is 38.2 Å². The van der Waals surface area contributed by atoms with Crippen LogP contribution < -0.4 is 15.8 Å². The van der Waals surface area contributed by atoms with Crippen LogP contribution >= 0.6 is 12.2 Å². The summed E-state index contributed by atoms with van der Waals surface area (Å²) in [6.07, 6.45) is 0. The van der Waals surface area contributed by atoms with Crippen molar-refractivity contribution in [2.45, 2.75) is 13.8 Å². The van der Waals surface area contributed by atoms with Gasteiger partial charge in [-0.2, -0.15) is 0 Å². The van der Waals surface area contributed by atoms with E-state index in [0.29, 0.717) is 18.3 Å². The van der Waals surface area contributed by atoms with Gasteiger partial charge in [0.05, 0.1) is 12.3 Å². The van der Waals surface area contributed by atoms with Crippen LogP contribution in [0.2, 0.25) is 0 Å². The Hall–Kier alpha value is -1.82. The van der Waals surface area contributed by atoms with Crippen molar-refractivity contribution in [2.75, 3.05) is 24.7 Å². The van der Waals surface area contributed by atoms with E-state index in [0.717, 1.165) is 5.69 Å². The van der Waals surface area contributed by atoms with Crippen molar-refractivity contribution in [3.8, 4) is 0 Å². The summed E-state index contributed by atoms with van der Waals surface area (Å²) < 4.78 is 4.95. The number of carbonyl (C=O) groups is 1. The Morgan fingerprint density at radius 2 is 2.00 bits per heavy atom. The van der Waals surface area contributed by atoms with Crippen LogP contribution in [-0.2, 0) is 9.53 Å². The Kier molecular flexibility index (Phi) is 6.67. The second-order valence-corrected chi connectivity index (χ2v) is 4.11. The number of nitrogens with zero attached hydrogens (tertiary/aromatic N) is 1. The molecule has 0 aromatic heterocycles. The average molecular weight is 281 g/mol. The fourth-order valence-electron chi connectivity index (χ4n) is 1.46. The maximum Gasteiger partial charge on any atom is 0.327 e. The molecule has 1 rings (SSSR count). The van der Waals surface area contributed by atoms with Crippen LogP contribution in [0.4, 0.5) is 5.69 Å². The van der Waals surface area contributed by atoms with E-state index in [9.17, 15) is 4.79 Å². The lowest BCUT2D eigenvalue weighted by Gasteiger charge is -2.25. The van der Waals surface area contributed by atoms with E-state index in [2.05, 4.69) is 10.7 Å². The lowest BCUT2D eigenvalue weighted by molar-refractivity contribution is -0.141. The van der Waals surface area contributed by atoms with Gasteiger partial charge in [0.25, 0.3) is 0 Å². The van der Waals surface area contributed by atoms with Gasteiger partial charge in [0.15, 0.2) is 5.11 Å². The standard InChI is InChI=1S/C13H19N3O2S/c1-3-14-13(19)15-16(10-12(17)18-4-2)11-8-6-5-7-9-11/h5-9H,3-4,10H2,1-2H3,(H2,14,15,19). The van der Waals surface area contributed by atoms with Crippen molar-refractivity contribution in [3.63, 3.8) is 0 Å². The third-order valence-corrected chi connectivity index (χ3v) is 2.47. The Morgan fingerprint density at radius 1 is 1.32 bits per heavy atom. The molecule has 2 N–H and O–H groups in total. The first kappa shape index (κ1) is 15.2. The zero-order valence-electron chi connectivity index (χ0n) is 11.2. The molecule has 0 atom stereocenters. The van der Waals surface area contributed by atoms with Crippen LogP contribution in [0, 0.1) is 0 Å². The Morgan fingerprint density at radius 3 is 2.58 bits per heavy atom. The highest BCUT2D eigenvalue weighted by Crippen LogP contribution is 2.10. The molecule has 0 radical (unpaired) electrons. The van der Waals surface area contributed by atoms with Crippen molar-refractivity contribution in [1.29, 1.82) is 0 Å². The molecule has 0 bridgehead atoms. The third-order valence-electron chi connectivity index (χ3n) is 2.23. The fraction of sp³-hybridized carbons (Fsp3) is 0.385. The molecule has 6 heteroatoms. The summed E-state index contributed by atoms with van der Waals surface area (Å²) in [5.41, 5.74) is 3.82. The first-order valence-corrected chi connectivity index (χ1v) is 6.60. The number of nitrogens with one attached hydrogen (secondary N) is 2. The number of anilines is 1. The summed E-state index contributed by atoms with van der Waals surface area (Å²) in [4.78, 5) is 11.6. The molecule has 1 aromatic carbocycles. The second kappa shape index (κ2) is 8.31. The van der Waals surface area contributed by atoms with E-state index in [-0.39, 0.29) is 12.5 Å². The first-order chi connectivity index (χ1) is 9.17. The molecule has 0 amide bonds. The number of para-hydroxylation sites is 1. The SMILES string of the molecule is CCNC(=S)NN(CC(=O)OCC)c1ccccc1. The molecule has 0 unspecified atom stereocenters. The largest absolute Gasteiger partial charge is 0.465 e. The van der Waals surface area contributed by atoms with Crippen molar-refractivity contribution in [2.24, 2.45) is 0 Å². The van der Waals surface area contributed by atoms with Gasteiger partial charge in [0.2, 0.25) is 0 Å². The minimum Gasteiger partial charge on any atom is -0.465 e. The monoisotopic (exact) mass is 281 g/mol. The zero-order chi connectivity index (χ0) is 14.1. The highest BCUT2D eigenvalue weighted by atomic mass is 32.1. The molecule has 0 spiro atoms. The quantitative estimate of drug-likeness (QED) is 0.468. The molecule has 0 saturated carbocycles. The predicted molar refractivity (Wildman–Crippen MR) is 79.8 cm³/mol. The van der Waals surface area contributed by atoms with E-state index < -0.39 is 0 Å². The Bertz CT molecular complexity index is 392. The third kappa shape index (κ3) is 5.56. The normalized spacial score (nSPS) is 9.58. The van der Waals surface area contributed by atoms with E-state index in [4.69, 9.17) is 17.0 Å².